The summed E-state index contributed by atoms with van der Waals surface area (Å²) in [5.74, 6) is 1.35. The van der Waals surface area contributed by atoms with Crippen LogP contribution < -0.4 is 10.1 Å². The van der Waals surface area contributed by atoms with Crippen LogP contribution >= 0.6 is 0 Å². The van der Waals surface area contributed by atoms with Gasteiger partial charge in [0.1, 0.15) is 11.9 Å². The second-order valence-electron chi connectivity index (χ2n) is 6.27. The lowest BCUT2D eigenvalue weighted by Gasteiger charge is -2.30. The number of nitrogens with zero attached hydrogens (tertiary/aromatic N) is 1. The van der Waals surface area contributed by atoms with Crippen LogP contribution in [0, 0.1) is 5.92 Å². The molecule has 2 heterocycles. The number of anilines is 1. The Hall–Kier alpha value is -1.27. The SMILES string of the molecule is CCC1CNc2cc(S(=O)(=O)N3CCC(C)CC3)ccc2O1. The zero-order chi connectivity index (χ0) is 15.7. The zero-order valence-electron chi connectivity index (χ0n) is 13.2. The third kappa shape index (κ3) is 2.94. The van der Waals surface area contributed by atoms with E-state index >= 15 is 0 Å². The number of hydrogen-bond acceptors (Lipinski definition) is 4. The van der Waals surface area contributed by atoms with Gasteiger partial charge in [0.25, 0.3) is 0 Å². The number of hydrogen-bond donors (Lipinski definition) is 1. The Labute approximate surface area is 132 Å². The number of piperidine rings is 1. The highest BCUT2D eigenvalue weighted by Gasteiger charge is 2.29. The first-order valence-corrected chi connectivity index (χ1v) is 9.49. The number of rotatable bonds is 3. The van der Waals surface area contributed by atoms with Crippen molar-refractivity contribution in [2.75, 3.05) is 25.0 Å². The molecule has 1 atom stereocenters. The molecule has 1 aromatic rings. The Morgan fingerprint density at radius 3 is 2.73 bits per heavy atom. The van der Waals surface area contributed by atoms with Crippen LogP contribution in [-0.2, 0) is 10.0 Å². The highest BCUT2D eigenvalue weighted by atomic mass is 32.2. The molecule has 6 heteroatoms. The smallest absolute Gasteiger partial charge is 0.243 e. The van der Waals surface area contributed by atoms with Crippen molar-refractivity contribution in [1.29, 1.82) is 0 Å². The summed E-state index contributed by atoms with van der Waals surface area (Å²) in [5.41, 5.74) is 0.774. The van der Waals surface area contributed by atoms with Crippen molar-refractivity contribution in [3.8, 4) is 5.75 Å². The maximum Gasteiger partial charge on any atom is 0.243 e. The first kappa shape index (κ1) is 15.6. The summed E-state index contributed by atoms with van der Waals surface area (Å²) in [6, 6.07) is 5.13. The molecule has 0 amide bonds. The molecule has 1 aromatic carbocycles. The lowest BCUT2D eigenvalue weighted by Crippen LogP contribution is -2.38. The Balaban J connectivity index is 1.83. The minimum absolute atomic E-state index is 0.151. The van der Waals surface area contributed by atoms with Crippen molar-refractivity contribution < 1.29 is 13.2 Å². The fraction of sp³-hybridized carbons (Fsp3) is 0.625. The molecular weight excluding hydrogens is 300 g/mol. The van der Waals surface area contributed by atoms with Gasteiger partial charge in [-0.05, 0) is 43.4 Å². The molecule has 1 N–H and O–H groups in total. The van der Waals surface area contributed by atoms with Gasteiger partial charge in [-0.15, -0.1) is 0 Å². The maximum atomic E-state index is 12.8. The van der Waals surface area contributed by atoms with E-state index in [4.69, 9.17) is 4.74 Å². The predicted octanol–water partition coefficient (Wildman–Crippen LogP) is 2.69. The summed E-state index contributed by atoms with van der Waals surface area (Å²) in [6.45, 7) is 6.20. The van der Waals surface area contributed by atoms with Gasteiger partial charge < -0.3 is 10.1 Å². The first-order valence-electron chi connectivity index (χ1n) is 8.05. The standard InChI is InChI=1S/C16H24N2O3S/c1-3-13-11-17-15-10-14(4-5-16(15)21-13)22(19,20)18-8-6-12(2)7-9-18/h4-5,10,12-13,17H,3,6-9,11H2,1-2H3. The van der Waals surface area contributed by atoms with E-state index in [2.05, 4.69) is 19.2 Å². The molecule has 1 unspecified atom stereocenters. The van der Waals surface area contributed by atoms with Crippen LogP contribution in [0.3, 0.4) is 0 Å². The van der Waals surface area contributed by atoms with Gasteiger partial charge in [0.05, 0.1) is 17.1 Å². The average Bonchev–Trinajstić information content (AvgIpc) is 2.54. The van der Waals surface area contributed by atoms with Gasteiger partial charge in [-0.1, -0.05) is 13.8 Å². The summed E-state index contributed by atoms with van der Waals surface area (Å²) in [6.07, 6.45) is 2.95. The van der Waals surface area contributed by atoms with Crippen molar-refractivity contribution in [3.63, 3.8) is 0 Å². The molecule has 2 aliphatic rings. The number of benzene rings is 1. The third-order valence-corrected chi connectivity index (χ3v) is 6.50. The molecular formula is C16H24N2O3S. The lowest BCUT2D eigenvalue weighted by atomic mass is 10.0. The molecule has 0 aromatic heterocycles. The van der Waals surface area contributed by atoms with E-state index in [1.54, 1.807) is 22.5 Å². The van der Waals surface area contributed by atoms with Gasteiger partial charge in [0, 0.05) is 13.1 Å². The van der Waals surface area contributed by atoms with Gasteiger partial charge in [0.15, 0.2) is 0 Å². The van der Waals surface area contributed by atoms with Crippen molar-refractivity contribution in [1.82, 2.24) is 4.31 Å². The Morgan fingerprint density at radius 2 is 2.05 bits per heavy atom. The van der Waals surface area contributed by atoms with Crippen molar-refractivity contribution in [2.45, 2.75) is 44.1 Å². The predicted molar refractivity (Wildman–Crippen MR) is 86.8 cm³/mol. The summed E-state index contributed by atoms with van der Waals surface area (Å²) in [5, 5.41) is 3.28. The normalized spacial score (nSPS) is 23.5. The highest BCUT2D eigenvalue weighted by molar-refractivity contribution is 7.89. The number of fused-ring (bicyclic) bond motifs is 1. The van der Waals surface area contributed by atoms with E-state index in [1.807, 2.05) is 0 Å². The van der Waals surface area contributed by atoms with Crippen LogP contribution in [0.1, 0.15) is 33.1 Å². The summed E-state index contributed by atoms with van der Waals surface area (Å²) < 4.78 is 33.0. The third-order valence-electron chi connectivity index (χ3n) is 4.60. The zero-order valence-corrected chi connectivity index (χ0v) is 14.0. The van der Waals surface area contributed by atoms with Crippen LogP contribution in [0.25, 0.3) is 0 Å². The molecule has 5 nitrogen and oxygen atoms in total. The lowest BCUT2D eigenvalue weighted by molar-refractivity contribution is 0.201. The summed E-state index contributed by atoms with van der Waals surface area (Å²) in [7, 11) is -3.40. The average molecular weight is 324 g/mol. The molecule has 3 rings (SSSR count). The fourth-order valence-corrected chi connectivity index (χ4v) is 4.45. The van der Waals surface area contributed by atoms with Crippen LogP contribution in [-0.4, -0.2) is 38.5 Å². The van der Waals surface area contributed by atoms with Gasteiger partial charge in [-0.3, -0.25) is 0 Å². The number of nitrogens with one attached hydrogen (secondary N) is 1. The van der Waals surface area contributed by atoms with Crippen molar-refractivity contribution >= 4 is 15.7 Å². The van der Waals surface area contributed by atoms with Crippen LogP contribution in [0.15, 0.2) is 23.1 Å². The van der Waals surface area contributed by atoms with Gasteiger partial charge in [-0.25, -0.2) is 8.42 Å². The molecule has 0 aliphatic carbocycles. The van der Waals surface area contributed by atoms with Crippen molar-refractivity contribution in [3.05, 3.63) is 18.2 Å². The van der Waals surface area contributed by atoms with E-state index in [0.29, 0.717) is 30.4 Å². The van der Waals surface area contributed by atoms with Gasteiger partial charge in [0.2, 0.25) is 10.0 Å². The molecule has 1 fully saturated rings. The van der Waals surface area contributed by atoms with Crippen LogP contribution in [0.5, 0.6) is 5.75 Å². The molecule has 1 saturated heterocycles. The van der Waals surface area contributed by atoms with Gasteiger partial charge in [-0.2, -0.15) is 4.31 Å². The Bertz CT molecular complexity index is 637. The van der Waals surface area contributed by atoms with E-state index in [1.165, 1.54) is 0 Å². The fourth-order valence-electron chi connectivity index (χ4n) is 2.96. The maximum absolute atomic E-state index is 12.8. The van der Waals surface area contributed by atoms with Crippen LogP contribution in [0.4, 0.5) is 5.69 Å². The molecule has 0 spiro atoms. The molecule has 0 saturated carbocycles. The first-order chi connectivity index (χ1) is 10.5. The minimum Gasteiger partial charge on any atom is -0.486 e. The Morgan fingerprint density at radius 1 is 1.32 bits per heavy atom. The monoisotopic (exact) mass is 324 g/mol. The molecule has 2 aliphatic heterocycles. The van der Waals surface area contributed by atoms with E-state index in [-0.39, 0.29) is 6.10 Å². The van der Waals surface area contributed by atoms with E-state index < -0.39 is 10.0 Å². The molecule has 22 heavy (non-hydrogen) atoms. The number of sulfonamides is 1. The van der Waals surface area contributed by atoms with Gasteiger partial charge >= 0.3 is 0 Å². The molecule has 0 bridgehead atoms. The summed E-state index contributed by atoms with van der Waals surface area (Å²) in [4.78, 5) is 0.354. The number of ether oxygens (including phenoxy) is 1. The Kier molecular flexibility index (Phi) is 4.32. The second-order valence-corrected chi connectivity index (χ2v) is 8.21. The summed E-state index contributed by atoms with van der Waals surface area (Å²) >= 11 is 0. The minimum atomic E-state index is -3.40. The van der Waals surface area contributed by atoms with Crippen molar-refractivity contribution in [2.24, 2.45) is 5.92 Å². The second kappa shape index (κ2) is 6.08. The largest absolute Gasteiger partial charge is 0.486 e. The van der Waals surface area contributed by atoms with Crippen LogP contribution in [0.2, 0.25) is 0 Å². The quantitative estimate of drug-likeness (QED) is 0.929. The highest BCUT2D eigenvalue weighted by Crippen LogP contribution is 2.33. The van der Waals surface area contributed by atoms with E-state index in [0.717, 1.165) is 30.7 Å². The molecule has 0 radical (unpaired) electrons. The molecule has 122 valence electrons. The van der Waals surface area contributed by atoms with E-state index in [9.17, 15) is 8.42 Å². The topological polar surface area (TPSA) is 58.6 Å².